The number of nitrogens with two attached hydrogens (primary N) is 1. The summed E-state index contributed by atoms with van der Waals surface area (Å²) in [4.78, 5) is 20.8. The number of nitrogens with one attached hydrogen (secondary N) is 1. The van der Waals surface area contributed by atoms with Gasteiger partial charge in [-0.15, -0.1) is 0 Å². The van der Waals surface area contributed by atoms with Crippen molar-refractivity contribution < 1.29 is 19.1 Å². The number of methoxy groups -OCH3 is 1. The minimum Gasteiger partial charge on any atom is -0.496 e. The van der Waals surface area contributed by atoms with Crippen LogP contribution in [0.2, 0.25) is 5.04 Å². The number of aryl methyl sites for hydroxylation is 1. The molecule has 9 heteroatoms. The molecule has 1 heterocycles. The highest BCUT2D eigenvalue weighted by Crippen LogP contribution is 2.37. The van der Waals surface area contributed by atoms with Crippen molar-refractivity contribution in [1.29, 1.82) is 0 Å². The van der Waals surface area contributed by atoms with E-state index >= 15 is 0 Å². The molecule has 0 saturated heterocycles. The van der Waals surface area contributed by atoms with Crippen LogP contribution in [0.3, 0.4) is 0 Å². The average molecular weight is 613 g/mol. The third-order valence-electron chi connectivity index (χ3n) is 8.02. The SMILES string of the molecule is CCC[C@@H](CO[Si](c1ccccc1)(c1ccccc1)C(C)(C)C)Nc1nc(N)nc(C)c1Cc1cc(C(=O)O)ccc1OC. The predicted molar refractivity (Wildman–Crippen MR) is 180 cm³/mol. The quantitative estimate of drug-likeness (QED) is 0.162. The van der Waals surface area contributed by atoms with Gasteiger partial charge < -0.3 is 25.3 Å². The highest BCUT2D eigenvalue weighted by atomic mass is 28.4. The van der Waals surface area contributed by atoms with Crippen molar-refractivity contribution in [2.45, 2.75) is 65.0 Å². The van der Waals surface area contributed by atoms with Crippen LogP contribution >= 0.6 is 0 Å². The van der Waals surface area contributed by atoms with E-state index < -0.39 is 14.3 Å². The molecule has 232 valence electrons. The number of ether oxygens (including phenoxy) is 1. The Hall–Kier alpha value is -4.21. The summed E-state index contributed by atoms with van der Waals surface area (Å²) in [5.41, 5.74) is 8.61. The van der Waals surface area contributed by atoms with E-state index in [0.29, 0.717) is 30.3 Å². The second-order valence-corrected chi connectivity index (χ2v) is 16.4. The van der Waals surface area contributed by atoms with Crippen LogP contribution in [0.15, 0.2) is 78.9 Å². The Labute approximate surface area is 261 Å². The zero-order valence-corrected chi connectivity index (χ0v) is 27.6. The number of aromatic nitrogens is 2. The molecule has 0 amide bonds. The summed E-state index contributed by atoms with van der Waals surface area (Å²) in [6.07, 6.45) is 2.15. The monoisotopic (exact) mass is 612 g/mol. The van der Waals surface area contributed by atoms with Crippen LogP contribution in [0.25, 0.3) is 0 Å². The van der Waals surface area contributed by atoms with Gasteiger partial charge in [0.1, 0.15) is 11.6 Å². The van der Waals surface area contributed by atoms with Crippen molar-refractivity contribution >= 4 is 36.4 Å². The zero-order chi connectivity index (χ0) is 31.9. The molecule has 44 heavy (non-hydrogen) atoms. The number of hydrogen-bond acceptors (Lipinski definition) is 7. The van der Waals surface area contributed by atoms with Crippen molar-refractivity contribution in [3.05, 3.63) is 101 Å². The van der Waals surface area contributed by atoms with Gasteiger partial charge >= 0.3 is 5.97 Å². The maximum atomic E-state index is 11.7. The normalized spacial score (nSPS) is 12.5. The molecule has 0 bridgehead atoms. The maximum absolute atomic E-state index is 11.7. The summed E-state index contributed by atoms with van der Waals surface area (Å²) < 4.78 is 12.8. The second-order valence-electron chi connectivity index (χ2n) is 12.1. The first kappa shape index (κ1) is 32.7. The van der Waals surface area contributed by atoms with E-state index in [1.165, 1.54) is 16.4 Å². The fourth-order valence-electron chi connectivity index (χ4n) is 5.92. The Morgan fingerprint density at radius 3 is 2.14 bits per heavy atom. The number of aromatic carboxylic acids is 1. The summed E-state index contributed by atoms with van der Waals surface area (Å²) in [5.74, 6) is 0.378. The van der Waals surface area contributed by atoms with E-state index in [9.17, 15) is 9.90 Å². The number of anilines is 2. The lowest BCUT2D eigenvalue weighted by Gasteiger charge is -2.43. The van der Waals surface area contributed by atoms with Crippen LogP contribution in [-0.4, -0.2) is 49.1 Å². The lowest BCUT2D eigenvalue weighted by Crippen LogP contribution is -2.67. The summed E-state index contributed by atoms with van der Waals surface area (Å²) >= 11 is 0. The van der Waals surface area contributed by atoms with Crippen molar-refractivity contribution in [3.63, 3.8) is 0 Å². The third-order valence-corrected chi connectivity index (χ3v) is 13.0. The predicted octanol–water partition coefficient (Wildman–Crippen LogP) is 5.82. The molecule has 4 rings (SSSR count). The van der Waals surface area contributed by atoms with Gasteiger partial charge in [-0.1, -0.05) is 94.8 Å². The first-order valence-electron chi connectivity index (χ1n) is 15.0. The van der Waals surface area contributed by atoms with E-state index in [1.807, 2.05) is 19.1 Å². The maximum Gasteiger partial charge on any atom is 0.335 e. The molecule has 0 radical (unpaired) electrons. The molecular formula is C35H44N4O4Si. The lowest BCUT2D eigenvalue weighted by atomic mass is 10.0. The first-order chi connectivity index (χ1) is 21.0. The summed E-state index contributed by atoms with van der Waals surface area (Å²) in [6.45, 7) is 11.3. The Balaban J connectivity index is 1.73. The largest absolute Gasteiger partial charge is 0.496 e. The molecule has 3 aromatic carbocycles. The summed E-state index contributed by atoms with van der Waals surface area (Å²) in [6, 6.07) is 26.0. The number of nitrogen functional groups attached to an aromatic ring is 1. The highest BCUT2D eigenvalue weighted by Gasteiger charge is 2.50. The molecule has 1 aromatic heterocycles. The van der Waals surface area contributed by atoms with Gasteiger partial charge in [-0.2, -0.15) is 4.98 Å². The van der Waals surface area contributed by atoms with E-state index in [4.69, 9.17) is 14.9 Å². The summed E-state index contributed by atoms with van der Waals surface area (Å²) in [7, 11) is -1.18. The molecule has 0 saturated carbocycles. The van der Waals surface area contributed by atoms with Gasteiger partial charge in [-0.25, -0.2) is 9.78 Å². The fraction of sp³-hybridized carbons (Fsp3) is 0.343. The Morgan fingerprint density at radius 1 is 1.00 bits per heavy atom. The number of rotatable bonds is 13. The third kappa shape index (κ3) is 7.11. The molecule has 0 spiro atoms. The molecular weight excluding hydrogens is 568 g/mol. The van der Waals surface area contributed by atoms with Crippen LogP contribution in [0, 0.1) is 6.92 Å². The molecule has 0 aliphatic rings. The molecule has 8 nitrogen and oxygen atoms in total. The van der Waals surface area contributed by atoms with Crippen LogP contribution in [0.1, 0.15) is 67.7 Å². The van der Waals surface area contributed by atoms with Crippen LogP contribution in [0.4, 0.5) is 11.8 Å². The van der Waals surface area contributed by atoms with Gasteiger partial charge in [-0.3, -0.25) is 0 Å². The Morgan fingerprint density at radius 2 is 1.61 bits per heavy atom. The van der Waals surface area contributed by atoms with E-state index in [2.05, 4.69) is 91.5 Å². The zero-order valence-electron chi connectivity index (χ0n) is 26.6. The molecule has 4 N–H and O–H groups in total. The van der Waals surface area contributed by atoms with Crippen molar-refractivity contribution in [3.8, 4) is 5.75 Å². The van der Waals surface area contributed by atoms with Gasteiger partial charge in [0.25, 0.3) is 8.32 Å². The average Bonchev–Trinajstić information content (AvgIpc) is 2.99. The highest BCUT2D eigenvalue weighted by molar-refractivity contribution is 6.99. The minimum atomic E-state index is -2.75. The summed E-state index contributed by atoms with van der Waals surface area (Å²) in [5, 5.41) is 15.6. The van der Waals surface area contributed by atoms with E-state index in [-0.39, 0.29) is 22.6 Å². The van der Waals surface area contributed by atoms with Gasteiger partial charge in [-0.05, 0) is 52.5 Å². The van der Waals surface area contributed by atoms with Gasteiger partial charge in [0.05, 0.1) is 19.3 Å². The molecule has 1 atom stereocenters. The lowest BCUT2D eigenvalue weighted by molar-refractivity contribution is 0.0696. The molecule has 0 aliphatic carbocycles. The number of benzene rings is 3. The minimum absolute atomic E-state index is 0.0682. The van der Waals surface area contributed by atoms with E-state index in [0.717, 1.165) is 24.0 Å². The van der Waals surface area contributed by atoms with E-state index in [1.54, 1.807) is 19.2 Å². The number of hydrogen-bond donors (Lipinski definition) is 3. The molecule has 0 fully saturated rings. The van der Waals surface area contributed by atoms with Crippen LogP contribution in [-0.2, 0) is 10.8 Å². The fourth-order valence-corrected chi connectivity index (χ4v) is 10.5. The van der Waals surface area contributed by atoms with Gasteiger partial charge in [0.15, 0.2) is 0 Å². The standard InChI is InChI=1S/C35H44N4O4Si/c1-7-14-27(23-43-44(35(3,4)5,28-15-10-8-11-16-28)29-17-12-9-13-18-29)38-32-30(24(2)37-34(36)39-32)22-26-21-25(33(40)41)19-20-31(26)42-6/h8-13,15-21,27H,7,14,22-23H2,1-6H3,(H,40,41)(H3,36,37,38,39)/t27-/m0/s1. The first-order valence-corrected chi connectivity index (χ1v) is 17.0. The van der Waals surface area contributed by atoms with Crippen molar-refractivity contribution in [2.24, 2.45) is 0 Å². The number of nitrogens with zero attached hydrogens (tertiary/aromatic N) is 2. The Bertz CT molecular complexity index is 1520. The second kappa shape index (κ2) is 14.0. The van der Waals surface area contributed by atoms with Crippen molar-refractivity contribution in [1.82, 2.24) is 9.97 Å². The molecule has 4 aromatic rings. The molecule has 0 aliphatic heterocycles. The van der Waals surface area contributed by atoms with Crippen molar-refractivity contribution in [2.75, 3.05) is 24.8 Å². The Kier molecular flexibility index (Phi) is 10.4. The molecule has 0 unspecified atom stereocenters. The topological polar surface area (TPSA) is 120 Å². The number of carboxylic acids is 1. The van der Waals surface area contributed by atoms with Crippen LogP contribution < -0.4 is 26.2 Å². The number of carbonyl (C=O) groups is 1. The van der Waals surface area contributed by atoms with Crippen LogP contribution in [0.5, 0.6) is 5.75 Å². The number of carboxylic acid groups (broad SMARTS) is 1. The van der Waals surface area contributed by atoms with Gasteiger partial charge in [0, 0.05) is 23.7 Å². The van der Waals surface area contributed by atoms with Gasteiger partial charge in [0.2, 0.25) is 5.95 Å². The smallest absolute Gasteiger partial charge is 0.335 e.